The van der Waals surface area contributed by atoms with Crippen LogP contribution < -0.4 is 0 Å². The molecule has 0 aromatic heterocycles. The number of ketones is 1. The molecular weight excluding hydrogens is 210 g/mol. The number of Topliss-reactive ketones (excluding diaryl/α,β-unsaturated/α-hetero) is 1. The van der Waals surface area contributed by atoms with E-state index < -0.39 is 5.92 Å². The first kappa shape index (κ1) is 11.7. The lowest BCUT2D eigenvalue weighted by Crippen LogP contribution is -2.10. The molecule has 0 aliphatic heterocycles. The Morgan fingerprint density at radius 2 is 2.20 bits per heavy atom. The Balaban J connectivity index is 2.99. The lowest BCUT2D eigenvalue weighted by atomic mass is 9.94. The Kier molecular flexibility index (Phi) is 4.33. The molecule has 0 fully saturated rings. The van der Waals surface area contributed by atoms with Crippen molar-refractivity contribution in [3.63, 3.8) is 0 Å². The van der Waals surface area contributed by atoms with Crippen molar-refractivity contribution < 1.29 is 4.79 Å². The van der Waals surface area contributed by atoms with Gasteiger partial charge in [-0.05, 0) is 18.1 Å². The average Bonchev–Trinajstić information content (AvgIpc) is 2.22. The highest BCUT2D eigenvalue weighted by atomic mass is 35.5. The normalized spacial score (nSPS) is 11.8. The summed E-state index contributed by atoms with van der Waals surface area (Å²) in [6.07, 6.45) is 1.17. The van der Waals surface area contributed by atoms with Gasteiger partial charge in [-0.1, -0.05) is 36.7 Å². The van der Waals surface area contributed by atoms with Crippen molar-refractivity contribution in [1.82, 2.24) is 0 Å². The predicted molar refractivity (Wildman–Crippen MR) is 59.7 cm³/mol. The summed E-state index contributed by atoms with van der Waals surface area (Å²) in [5.41, 5.74) is 0.611. The van der Waals surface area contributed by atoms with Gasteiger partial charge in [0.05, 0.1) is 6.07 Å². The number of halogens is 1. The molecule has 0 saturated heterocycles. The second-order valence-corrected chi connectivity index (χ2v) is 3.71. The Morgan fingerprint density at radius 1 is 1.53 bits per heavy atom. The minimum Gasteiger partial charge on any atom is -0.298 e. The van der Waals surface area contributed by atoms with Crippen molar-refractivity contribution in [1.29, 1.82) is 5.26 Å². The van der Waals surface area contributed by atoms with Crippen molar-refractivity contribution in [3.8, 4) is 6.07 Å². The highest BCUT2D eigenvalue weighted by Gasteiger charge is 2.20. The van der Waals surface area contributed by atoms with E-state index in [-0.39, 0.29) is 5.78 Å². The molecule has 78 valence electrons. The predicted octanol–water partition coefficient (Wildman–Crippen LogP) is 3.32. The number of benzene rings is 1. The molecule has 3 heteroatoms. The number of nitrogens with zero attached hydrogens (tertiary/aromatic N) is 1. The lowest BCUT2D eigenvalue weighted by molar-refractivity contribution is -0.119. The van der Waals surface area contributed by atoms with Crippen LogP contribution in [0.1, 0.15) is 31.2 Å². The Bertz CT molecular complexity index is 395. The molecule has 1 aromatic rings. The summed E-state index contributed by atoms with van der Waals surface area (Å²) < 4.78 is 0. The van der Waals surface area contributed by atoms with E-state index in [1.165, 1.54) is 0 Å². The Labute approximate surface area is 94.5 Å². The first-order valence-electron chi connectivity index (χ1n) is 4.87. The zero-order valence-electron chi connectivity index (χ0n) is 8.53. The Hall–Kier alpha value is -1.33. The fraction of sp³-hybridized carbons (Fsp3) is 0.333. The lowest BCUT2D eigenvalue weighted by Gasteiger charge is -2.09. The van der Waals surface area contributed by atoms with E-state index in [1.807, 2.05) is 13.0 Å². The van der Waals surface area contributed by atoms with E-state index in [0.29, 0.717) is 17.0 Å². The summed E-state index contributed by atoms with van der Waals surface area (Å²) in [5, 5.41) is 9.45. The van der Waals surface area contributed by atoms with Gasteiger partial charge in [-0.15, -0.1) is 0 Å². The van der Waals surface area contributed by atoms with Crippen molar-refractivity contribution >= 4 is 17.4 Å². The standard InChI is InChI=1S/C12H12ClNO/c1-2-5-12(15)10(8-14)9-6-3-4-7-11(9)13/h3-4,6-7,10H,2,5H2,1H3. The second-order valence-electron chi connectivity index (χ2n) is 3.30. The summed E-state index contributed by atoms with van der Waals surface area (Å²) in [5.74, 6) is -0.785. The van der Waals surface area contributed by atoms with Crippen LogP contribution in [0.4, 0.5) is 0 Å². The van der Waals surface area contributed by atoms with Gasteiger partial charge in [0, 0.05) is 11.4 Å². The van der Waals surface area contributed by atoms with Crippen molar-refractivity contribution in [3.05, 3.63) is 34.9 Å². The van der Waals surface area contributed by atoms with Crippen LogP contribution in [0.2, 0.25) is 5.02 Å². The van der Waals surface area contributed by atoms with Gasteiger partial charge in [-0.3, -0.25) is 4.79 Å². The third-order valence-corrected chi connectivity index (χ3v) is 2.51. The molecular formula is C12H12ClNO. The molecule has 1 unspecified atom stereocenters. The van der Waals surface area contributed by atoms with E-state index in [0.717, 1.165) is 6.42 Å². The van der Waals surface area contributed by atoms with Gasteiger partial charge in [0.15, 0.2) is 5.78 Å². The molecule has 0 spiro atoms. The van der Waals surface area contributed by atoms with Crippen molar-refractivity contribution in [2.45, 2.75) is 25.7 Å². The van der Waals surface area contributed by atoms with E-state index >= 15 is 0 Å². The topological polar surface area (TPSA) is 40.9 Å². The molecule has 1 rings (SSSR count). The van der Waals surface area contributed by atoms with Crippen LogP contribution in [0, 0.1) is 11.3 Å². The van der Waals surface area contributed by atoms with Gasteiger partial charge in [-0.25, -0.2) is 0 Å². The summed E-state index contributed by atoms with van der Waals surface area (Å²) in [4.78, 5) is 11.6. The fourth-order valence-corrected chi connectivity index (χ4v) is 1.66. The van der Waals surface area contributed by atoms with Crippen molar-refractivity contribution in [2.75, 3.05) is 0 Å². The molecule has 15 heavy (non-hydrogen) atoms. The minimum absolute atomic E-state index is 0.0619. The molecule has 0 aliphatic rings. The zero-order valence-corrected chi connectivity index (χ0v) is 9.29. The SMILES string of the molecule is CCCC(=O)C(C#N)c1ccccc1Cl. The van der Waals surface area contributed by atoms with Crippen LogP contribution in [0.3, 0.4) is 0 Å². The molecule has 0 saturated carbocycles. The van der Waals surface area contributed by atoms with Crippen LogP contribution in [-0.2, 0) is 4.79 Å². The third kappa shape index (κ3) is 2.81. The molecule has 0 aliphatic carbocycles. The van der Waals surface area contributed by atoms with E-state index in [2.05, 4.69) is 0 Å². The summed E-state index contributed by atoms with van der Waals surface area (Å²) in [6.45, 7) is 1.92. The Morgan fingerprint density at radius 3 is 2.73 bits per heavy atom. The number of hydrogen-bond acceptors (Lipinski definition) is 2. The molecule has 1 atom stereocenters. The van der Waals surface area contributed by atoms with E-state index in [9.17, 15) is 4.79 Å². The quantitative estimate of drug-likeness (QED) is 0.783. The monoisotopic (exact) mass is 221 g/mol. The maximum absolute atomic E-state index is 11.6. The summed E-state index contributed by atoms with van der Waals surface area (Å²) in [7, 11) is 0. The van der Waals surface area contributed by atoms with Gasteiger partial charge in [-0.2, -0.15) is 5.26 Å². The van der Waals surface area contributed by atoms with E-state index in [4.69, 9.17) is 16.9 Å². The van der Waals surface area contributed by atoms with Crippen LogP contribution in [-0.4, -0.2) is 5.78 Å². The second kappa shape index (κ2) is 5.53. The van der Waals surface area contributed by atoms with E-state index in [1.54, 1.807) is 24.3 Å². The number of rotatable bonds is 4. The molecule has 0 N–H and O–H groups in total. The molecule has 0 amide bonds. The van der Waals surface area contributed by atoms with Crippen LogP contribution in [0.25, 0.3) is 0 Å². The third-order valence-electron chi connectivity index (χ3n) is 2.16. The van der Waals surface area contributed by atoms with Gasteiger partial charge in [0.2, 0.25) is 0 Å². The van der Waals surface area contributed by atoms with Crippen molar-refractivity contribution in [2.24, 2.45) is 0 Å². The largest absolute Gasteiger partial charge is 0.298 e. The first-order valence-corrected chi connectivity index (χ1v) is 5.25. The summed E-state index contributed by atoms with van der Waals surface area (Å²) >= 11 is 5.94. The molecule has 2 nitrogen and oxygen atoms in total. The number of nitriles is 1. The smallest absolute Gasteiger partial charge is 0.154 e. The van der Waals surface area contributed by atoms with Gasteiger partial charge < -0.3 is 0 Å². The van der Waals surface area contributed by atoms with Crippen LogP contribution in [0.15, 0.2) is 24.3 Å². The maximum atomic E-state index is 11.6. The van der Waals surface area contributed by atoms with Gasteiger partial charge >= 0.3 is 0 Å². The molecule has 0 bridgehead atoms. The minimum atomic E-state index is -0.723. The zero-order chi connectivity index (χ0) is 11.3. The first-order chi connectivity index (χ1) is 7.20. The number of carbonyl (C=O) groups excluding carboxylic acids is 1. The summed E-state index contributed by atoms with van der Waals surface area (Å²) in [6, 6.07) is 9.00. The van der Waals surface area contributed by atoms with Crippen LogP contribution >= 0.6 is 11.6 Å². The highest BCUT2D eigenvalue weighted by molar-refractivity contribution is 6.31. The van der Waals surface area contributed by atoms with Gasteiger partial charge in [0.25, 0.3) is 0 Å². The average molecular weight is 222 g/mol. The number of carbonyl (C=O) groups is 1. The van der Waals surface area contributed by atoms with Crippen LogP contribution in [0.5, 0.6) is 0 Å². The maximum Gasteiger partial charge on any atom is 0.154 e. The number of hydrogen-bond donors (Lipinski definition) is 0. The molecule has 1 aromatic carbocycles. The molecule has 0 radical (unpaired) electrons. The fourth-order valence-electron chi connectivity index (χ4n) is 1.41. The molecule has 0 heterocycles. The van der Waals surface area contributed by atoms with Gasteiger partial charge in [0.1, 0.15) is 5.92 Å². The highest BCUT2D eigenvalue weighted by Crippen LogP contribution is 2.25.